The molecular weight excluding hydrogens is 316 g/mol. The van der Waals surface area contributed by atoms with Gasteiger partial charge in [0.25, 0.3) is 5.91 Å². The molecule has 1 aliphatic carbocycles. The molecule has 0 saturated heterocycles. The van der Waals surface area contributed by atoms with Crippen molar-refractivity contribution in [3.63, 3.8) is 0 Å². The molecule has 2 heterocycles. The fourth-order valence-corrected chi connectivity index (χ4v) is 3.65. The molecule has 2 N–H and O–H groups in total. The summed E-state index contributed by atoms with van der Waals surface area (Å²) in [5.74, 6) is 1.13. The molecule has 1 atom stereocenters. The minimum atomic E-state index is -0.237. The van der Waals surface area contributed by atoms with E-state index in [1.165, 1.54) is 0 Å². The van der Waals surface area contributed by atoms with Crippen LogP contribution in [0.5, 0.6) is 5.75 Å². The zero-order chi connectivity index (χ0) is 17.2. The summed E-state index contributed by atoms with van der Waals surface area (Å²) < 4.78 is 5.50. The molecule has 1 saturated carbocycles. The molecule has 2 aromatic rings. The number of pyridine rings is 1. The average molecular weight is 338 g/mol. The number of ether oxygens (including phenoxy) is 1. The van der Waals surface area contributed by atoms with E-state index < -0.39 is 0 Å². The summed E-state index contributed by atoms with van der Waals surface area (Å²) in [4.78, 5) is 16.8. The highest BCUT2D eigenvalue weighted by Gasteiger charge is 2.35. The molecule has 1 aromatic heterocycles. The normalized spacial score (nSPS) is 22.4. The average Bonchev–Trinajstić information content (AvgIpc) is 3.07. The Balaban J connectivity index is 1.48. The van der Waals surface area contributed by atoms with E-state index >= 15 is 0 Å². The van der Waals surface area contributed by atoms with Gasteiger partial charge in [-0.15, -0.1) is 0 Å². The van der Waals surface area contributed by atoms with Crippen LogP contribution in [0, 0.1) is 5.92 Å². The minimum Gasteiger partial charge on any atom is -0.493 e. The number of hydrogen-bond acceptors (Lipinski definition) is 4. The molecule has 1 amide bonds. The maximum absolute atomic E-state index is 12.7. The molecule has 5 heteroatoms. The Morgan fingerprint density at radius 2 is 2.08 bits per heavy atom. The third kappa shape index (κ3) is 3.51. The van der Waals surface area contributed by atoms with E-state index in [9.17, 15) is 9.90 Å². The van der Waals surface area contributed by atoms with Crippen LogP contribution < -0.4 is 10.1 Å². The lowest BCUT2D eigenvalue weighted by atomic mass is 9.75. The van der Waals surface area contributed by atoms with Gasteiger partial charge >= 0.3 is 0 Å². The predicted octanol–water partition coefficient (Wildman–Crippen LogP) is 2.13. The molecule has 0 spiro atoms. The standard InChI is InChI=1S/C20H22N2O3/c23-17-11-16(12-17)18(9-13-3-6-21-7-4-13)22-20(24)15-1-2-19-14(10-15)5-8-25-19/h1-4,6-7,10,16-18,23H,5,8-9,11-12H2,(H,22,24)/t16?,17?,18-/m0/s1. The van der Waals surface area contributed by atoms with Crippen LogP contribution in [-0.4, -0.2) is 34.8 Å². The highest BCUT2D eigenvalue weighted by atomic mass is 16.5. The number of aliphatic hydroxyl groups excluding tert-OH is 1. The zero-order valence-corrected chi connectivity index (χ0v) is 14.0. The van der Waals surface area contributed by atoms with Gasteiger partial charge in [-0.1, -0.05) is 0 Å². The zero-order valence-electron chi connectivity index (χ0n) is 14.0. The molecule has 1 fully saturated rings. The molecule has 5 nitrogen and oxygen atoms in total. The Bertz CT molecular complexity index is 757. The quantitative estimate of drug-likeness (QED) is 0.876. The molecule has 25 heavy (non-hydrogen) atoms. The van der Waals surface area contributed by atoms with E-state index in [4.69, 9.17) is 4.74 Å². The highest BCUT2D eigenvalue weighted by molar-refractivity contribution is 5.94. The summed E-state index contributed by atoms with van der Waals surface area (Å²) in [6.45, 7) is 0.686. The Morgan fingerprint density at radius 3 is 2.84 bits per heavy atom. The summed E-state index contributed by atoms with van der Waals surface area (Å²) in [6.07, 6.45) is 6.39. The molecule has 4 rings (SSSR count). The van der Waals surface area contributed by atoms with Crippen molar-refractivity contribution in [1.82, 2.24) is 10.3 Å². The van der Waals surface area contributed by atoms with Crippen molar-refractivity contribution in [2.75, 3.05) is 6.61 Å². The third-order valence-electron chi connectivity index (χ3n) is 5.19. The van der Waals surface area contributed by atoms with Gasteiger partial charge in [-0.2, -0.15) is 0 Å². The number of nitrogens with zero attached hydrogens (tertiary/aromatic N) is 1. The van der Waals surface area contributed by atoms with Crippen molar-refractivity contribution in [3.05, 3.63) is 59.4 Å². The maximum atomic E-state index is 12.7. The molecule has 0 unspecified atom stereocenters. The maximum Gasteiger partial charge on any atom is 0.251 e. The van der Waals surface area contributed by atoms with Gasteiger partial charge in [-0.25, -0.2) is 0 Å². The van der Waals surface area contributed by atoms with Crippen molar-refractivity contribution in [2.24, 2.45) is 5.92 Å². The van der Waals surface area contributed by atoms with Gasteiger partial charge in [-0.05, 0) is 66.6 Å². The van der Waals surface area contributed by atoms with E-state index in [2.05, 4.69) is 10.3 Å². The first kappa shape index (κ1) is 16.1. The van der Waals surface area contributed by atoms with Crippen molar-refractivity contribution in [2.45, 2.75) is 37.8 Å². The van der Waals surface area contributed by atoms with Crippen LogP contribution in [-0.2, 0) is 12.8 Å². The third-order valence-corrected chi connectivity index (χ3v) is 5.19. The van der Waals surface area contributed by atoms with E-state index in [1.807, 2.05) is 30.3 Å². The SMILES string of the molecule is O=C(N[C@@H](Cc1ccncc1)C1CC(O)C1)c1ccc2c(c1)CCO2. The lowest BCUT2D eigenvalue weighted by molar-refractivity contribution is 0.0239. The molecule has 1 aliphatic heterocycles. The second-order valence-electron chi connectivity index (χ2n) is 6.95. The predicted molar refractivity (Wildman–Crippen MR) is 93.6 cm³/mol. The number of carbonyl (C=O) groups excluding carboxylic acids is 1. The molecule has 2 aliphatic rings. The second kappa shape index (κ2) is 6.84. The van der Waals surface area contributed by atoms with Crippen molar-refractivity contribution >= 4 is 5.91 Å². The Hall–Kier alpha value is -2.40. The summed E-state index contributed by atoms with van der Waals surface area (Å²) in [7, 11) is 0. The van der Waals surface area contributed by atoms with Crippen LogP contribution in [0.2, 0.25) is 0 Å². The fourth-order valence-electron chi connectivity index (χ4n) is 3.65. The van der Waals surface area contributed by atoms with Crippen LogP contribution >= 0.6 is 0 Å². The summed E-state index contributed by atoms with van der Waals surface area (Å²) in [5.41, 5.74) is 2.91. The first-order valence-corrected chi connectivity index (χ1v) is 8.82. The smallest absolute Gasteiger partial charge is 0.251 e. The number of rotatable bonds is 5. The number of hydrogen-bond donors (Lipinski definition) is 2. The van der Waals surface area contributed by atoms with Gasteiger partial charge in [0.05, 0.1) is 12.7 Å². The molecule has 0 radical (unpaired) electrons. The van der Waals surface area contributed by atoms with Gasteiger partial charge in [0.2, 0.25) is 0 Å². The topological polar surface area (TPSA) is 71.5 Å². The first-order chi connectivity index (χ1) is 12.2. The fraction of sp³-hybridized carbons (Fsp3) is 0.400. The molecule has 1 aromatic carbocycles. The number of carbonyl (C=O) groups is 1. The monoisotopic (exact) mass is 338 g/mol. The minimum absolute atomic E-state index is 0.0165. The van der Waals surface area contributed by atoms with Gasteiger partial charge in [-0.3, -0.25) is 9.78 Å². The first-order valence-electron chi connectivity index (χ1n) is 8.82. The lowest BCUT2D eigenvalue weighted by Crippen LogP contribution is -2.48. The summed E-state index contributed by atoms with van der Waals surface area (Å²) >= 11 is 0. The number of benzene rings is 1. The van der Waals surface area contributed by atoms with E-state index in [-0.39, 0.29) is 18.1 Å². The summed E-state index contributed by atoms with van der Waals surface area (Å²) in [6, 6.07) is 9.59. The van der Waals surface area contributed by atoms with E-state index in [1.54, 1.807) is 12.4 Å². The van der Waals surface area contributed by atoms with Gasteiger partial charge in [0.15, 0.2) is 0 Å². The second-order valence-corrected chi connectivity index (χ2v) is 6.95. The van der Waals surface area contributed by atoms with Crippen molar-refractivity contribution in [1.29, 1.82) is 0 Å². The van der Waals surface area contributed by atoms with Crippen molar-refractivity contribution in [3.8, 4) is 5.75 Å². The van der Waals surface area contributed by atoms with Crippen LogP contribution in [0.15, 0.2) is 42.7 Å². The number of amides is 1. The largest absolute Gasteiger partial charge is 0.493 e. The molecule has 0 bridgehead atoms. The van der Waals surface area contributed by atoms with Gasteiger partial charge in [0.1, 0.15) is 5.75 Å². The Labute approximate surface area is 147 Å². The van der Waals surface area contributed by atoms with E-state index in [0.717, 1.165) is 42.6 Å². The van der Waals surface area contributed by atoms with Crippen LogP contribution in [0.4, 0.5) is 0 Å². The number of aliphatic hydroxyl groups is 1. The number of fused-ring (bicyclic) bond motifs is 1. The van der Waals surface area contributed by atoms with Gasteiger partial charge < -0.3 is 15.2 Å². The molecule has 130 valence electrons. The van der Waals surface area contributed by atoms with Crippen LogP contribution in [0.1, 0.15) is 34.3 Å². The Kier molecular flexibility index (Phi) is 4.40. The van der Waals surface area contributed by atoms with E-state index in [0.29, 0.717) is 18.1 Å². The lowest BCUT2D eigenvalue weighted by Gasteiger charge is -2.38. The van der Waals surface area contributed by atoms with Crippen LogP contribution in [0.25, 0.3) is 0 Å². The summed E-state index contributed by atoms with van der Waals surface area (Å²) in [5, 5.41) is 12.8. The number of nitrogens with one attached hydrogen (secondary N) is 1. The molecular formula is C20H22N2O3. The Morgan fingerprint density at radius 1 is 1.28 bits per heavy atom. The number of aromatic nitrogens is 1. The van der Waals surface area contributed by atoms with Crippen molar-refractivity contribution < 1.29 is 14.6 Å². The highest BCUT2D eigenvalue weighted by Crippen LogP contribution is 2.32. The van der Waals surface area contributed by atoms with Gasteiger partial charge in [0, 0.05) is 30.4 Å². The van der Waals surface area contributed by atoms with Crippen LogP contribution in [0.3, 0.4) is 0 Å².